The molecule has 19 heavy (non-hydrogen) atoms. The fraction of sp³-hybridized carbons (Fsp3) is 0.667. The van der Waals surface area contributed by atoms with Crippen LogP contribution in [0.3, 0.4) is 0 Å². The molecule has 3 nitrogen and oxygen atoms in total. The lowest BCUT2D eigenvalue weighted by molar-refractivity contribution is 0.0685. The van der Waals surface area contributed by atoms with Gasteiger partial charge in [-0.25, -0.2) is 0 Å². The van der Waals surface area contributed by atoms with Gasteiger partial charge in [0.05, 0.1) is 4.88 Å². The van der Waals surface area contributed by atoms with E-state index < -0.39 is 0 Å². The van der Waals surface area contributed by atoms with Crippen LogP contribution in [0.4, 0.5) is 0 Å². The fourth-order valence-electron chi connectivity index (χ4n) is 3.88. The maximum Gasteiger partial charge on any atom is 0.264 e. The van der Waals surface area contributed by atoms with Crippen LogP contribution >= 0.6 is 11.3 Å². The zero-order valence-electron chi connectivity index (χ0n) is 11.2. The zero-order chi connectivity index (χ0) is 12.8. The van der Waals surface area contributed by atoms with Crippen molar-refractivity contribution in [2.24, 2.45) is 0 Å². The average Bonchev–Trinajstić information content (AvgIpc) is 3.00. The van der Waals surface area contributed by atoms with E-state index in [9.17, 15) is 4.79 Å². The highest BCUT2D eigenvalue weighted by atomic mass is 32.1. The maximum atomic E-state index is 12.8. The molecular formula is C15H20N2OS. The predicted molar refractivity (Wildman–Crippen MR) is 76.8 cm³/mol. The molecular weight excluding hydrogens is 256 g/mol. The number of fused-ring (bicyclic) bond motifs is 3. The van der Waals surface area contributed by atoms with Gasteiger partial charge in [-0.3, -0.25) is 4.79 Å². The van der Waals surface area contributed by atoms with Crippen molar-refractivity contribution in [2.75, 3.05) is 13.1 Å². The van der Waals surface area contributed by atoms with Gasteiger partial charge in [-0.05, 0) is 56.7 Å². The highest BCUT2D eigenvalue weighted by molar-refractivity contribution is 7.14. The quantitative estimate of drug-likeness (QED) is 0.853. The number of thiophene rings is 1. The highest BCUT2D eigenvalue weighted by Crippen LogP contribution is 2.35. The maximum absolute atomic E-state index is 12.8. The van der Waals surface area contributed by atoms with Crippen molar-refractivity contribution in [3.05, 3.63) is 21.4 Å². The van der Waals surface area contributed by atoms with E-state index in [1.54, 1.807) is 11.3 Å². The van der Waals surface area contributed by atoms with E-state index in [0.717, 1.165) is 24.4 Å². The van der Waals surface area contributed by atoms with Gasteiger partial charge < -0.3 is 10.2 Å². The number of hydrogen-bond donors (Lipinski definition) is 1. The summed E-state index contributed by atoms with van der Waals surface area (Å²) in [6.07, 6.45) is 7.12. The van der Waals surface area contributed by atoms with E-state index in [-0.39, 0.29) is 0 Å². The van der Waals surface area contributed by atoms with E-state index in [1.807, 2.05) is 0 Å². The smallest absolute Gasteiger partial charge is 0.264 e. The molecule has 1 aromatic heterocycles. The van der Waals surface area contributed by atoms with Gasteiger partial charge in [-0.2, -0.15) is 0 Å². The summed E-state index contributed by atoms with van der Waals surface area (Å²) in [5, 5.41) is 3.46. The van der Waals surface area contributed by atoms with Gasteiger partial charge in [-0.15, -0.1) is 11.3 Å². The van der Waals surface area contributed by atoms with Gasteiger partial charge in [0.1, 0.15) is 0 Å². The van der Waals surface area contributed by atoms with Gasteiger partial charge in [0.25, 0.3) is 5.91 Å². The van der Waals surface area contributed by atoms with Gasteiger partial charge in [0.15, 0.2) is 0 Å². The Morgan fingerprint density at radius 2 is 2.16 bits per heavy atom. The molecule has 2 atom stereocenters. The van der Waals surface area contributed by atoms with Crippen LogP contribution < -0.4 is 5.32 Å². The molecule has 2 fully saturated rings. The molecule has 2 unspecified atom stereocenters. The van der Waals surface area contributed by atoms with Crippen molar-refractivity contribution in [3.8, 4) is 0 Å². The Kier molecular flexibility index (Phi) is 2.88. The average molecular weight is 276 g/mol. The second-order valence-corrected chi connectivity index (χ2v) is 7.14. The number of nitrogens with one attached hydrogen (secondary N) is 1. The summed E-state index contributed by atoms with van der Waals surface area (Å²) in [5.41, 5.74) is 1.44. The van der Waals surface area contributed by atoms with Crippen molar-refractivity contribution >= 4 is 17.2 Å². The summed E-state index contributed by atoms with van der Waals surface area (Å²) < 4.78 is 0. The second-order valence-electron chi connectivity index (χ2n) is 6.00. The Balaban J connectivity index is 1.62. The highest BCUT2D eigenvalue weighted by Gasteiger charge is 2.39. The molecule has 2 saturated heterocycles. The molecule has 1 aromatic rings. The number of hydrogen-bond acceptors (Lipinski definition) is 3. The summed E-state index contributed by atoms with van der Waals surface area (Å²) in [7, 11) is 0. The number of carbonyl (C=O) groups is 1. The molecule has 0 radical (unpaired) electrons. The third kappa shape index (κ3) is 1.93. The standard InChI is InChI=1S/C15H20N2OS/c18-15(14-8-10-2-1-3-13(10)19-14)17-11-4-5-12(17)9-16-7-6-11/h8,11-12,16H,1-7,9H2. The van der Waals surface area contributed by atoms with E-state index in [0.29, 0.717) is 18.0 Å². The Labute approximate surface area is 118 Å². The van der Waals surface area contributed by atoms with E-state index >= 15 is 0 Å². The molecule has 1 N–H and O–H groups in total. The molecule has 1 aliphatic carbocycles. The minimum absolute atomic E-state index is 0.301. The molecule has 0 saturated carbocycles. The molecule has 0 spiro atoms. The first-order valence-corrected chi connectivity index (χ1v) is 8.29. The summed E-state index contributed by atoms with van der Waals surface area (Å²) >= 11 is 1.75. The van der Waals surface area contributed by atoms with E-state index in [4.69, 9.17) is 0 Å². The third-order valence-electron chi connectivity index (χ3n) is 4.85. The lowest BCUT2D eigenvalue weighted by atomic mass is 10.1. The normalized spacial score (nSPS) is 29.4. The van der Waals surface area contributed by atoms with Crippen LogP contribution in [0.1, 0.15) is 45.8 Å². The van der Waals surface area contributed by atoms with Gasteiger partial charge in [0, 0.05) is 23.5 Å². The monoisotopic (exact) mass is 276 g/mol. The molecule has 3 aliphatic rings. The molecule has 4 heteroatoms. The minimum atomic E-state index is 0.301. The first-order chi connectivity index (χ1) is 9.33. The molecule has 2 bridgehead atoms. The molecule has 2 aliphatic heterocycles. The number of amides is 1. The summed E-state index contributed by atoms with van der Waals surface area (Å²) in [5.74, 6) is 0.301. The summed E-state index contributed by atoms with van der Waals surface area (Å²) in [4.78, 5) is 17.5. The topological polar surface area (TPSA) is 32.3 Å². The van der Waals surface area contributed by atoms with Gasteiger partial charge >= 0.3 is 0 Å². The Bertz CT molecular complexity index is 475. The second kappa shape index (κ2) is 4.60. The Hall–Kier alpha value is -0.870. The lowest BCUT2D eigenvalue weighted by Crippen LogP contribution is -2.42. The largest absolute Gasteiger partial charge is 0.331 e. The number of aryl methyl sites for hydroxylation is 2. The van der Waals surface area contributed by atoms with Crippen molar-refractivity contribution < 1.29 is 4.79 Å². The molecule has 1 amide bonds. The van der Waals surface area contributed by atoms with Crippen molar-refractivity contribution in [2.45, 2.75) is 50.6 Å². The Morgan fingerprint density at radius 3 is 3.05 bits per heavy atom. The van der Waals surface area contributed by atoms with Crippen LogP contribution in [-0.4, -0.2) is 36.0 Å². The molecule has 4 rings (SSSR count). The van der Waals surface area contributed by atoms with Crippen molar-refractivity contribution in [1.82, 2.24) is 10.2 Å². The summed E-state index contributed by atoms with van der Waals surface area (Å²) in [6.45, 7) is 2.04. The van der Waals surface area contributed by atoms with Gasteiger partial charge in [0.2, 0.25) is 0 Å². The van der Waals surface area contributed by atoms with Crippen LogP contribution in [0.15, 0.2) is 6.07 Å². The first kappa shape index (κ1) is 11.9. The van der Waals surface area contributed by atoms with Crippen LogP contribution in [0.5, 0.6) is 0 Å². The van der Waals surface area contributed by atoms with Crippen molar-refractivity contribution in [3.63, 3.8) is 0 Å². The SMILES string of the molecule is O=C(c1cc2c(s1)CCC2)N1C2CCNCC1CC2. The molecule has 102 valence electrons. The minimum Gasteiger partial charge on any atom is -0.331 e. The zero-order valence-corrected chi connectivity index (χ0v) is 12.0. The lowest BCUT2D eigenvalue weighted by Gasteiger charge is -2.27. The van der Waals surface area contributed by atoms with E-state index in [1.165, 1.54) is 42.5 Å². The van der Waals surface area contributed by atoms with Crippen LogP contribution in [0.25, 0.3) is 0 Å². The van der Waals surface area contributed by atoms with Crippen LogP contribution in [0.2, 0.25) is 0 Å². The molecule has 0 aromatic carbocycles. The number of nitrogens with zero attached hydrogens (tertiary/aromatic N) is 1. The van der Waals surface area contributed by atoms with E-state index in [2.05, 4.69) is 16.3 Å². The fourth-order valence-corrected chi connectivity index (χ4v) is 5.07. The predicted octanol–water partition coefficient (Wildman–Crippen LogP) is 2.20. The van der Waals surface area contributed by atoms with Crippen molar-refractivity contribution in [1.29, 1.82) is 0 Å². The first-order valence-electron chi connectivity index (χ1n) is 7.48. The molecule has 3 heterocycles. The number of rotatable bonds is 1. The summed E-state index contributed by atoms with van der Waals surface area (Å²) in [6, 6.07) is 3.08. The van der Waals surface area contributed by atoms with Crippen LogP contribution in [0, 0.1) is 0 Å². The third-order valence-corrected chi connectivity index (χ3v) is 6.07. The van der Waals surface area contributed by atoms with Crippen LogP contribution in [-0.2, 0) is 12.8 Å². The Morgan fingerprint density at radius 1 is 1.26 bits per heavy atom. The van der Waals surface area contributed by atoms with Gasteiger partial charge in [-0.1, -0.05) is 0 Å². The number of carbonyl (C=O) groups excluding carboxylic acids is 1.